The van der Waals surface area contributed by atoms with E-state index < -0.39 is 6.10 Å². The van der Waals surface area contributed by atoms with Gasteiger partial charge in [0.2, 0.25) is 11.9 Å². The van der Waals surface area contributed by atoms with Crippen LogP contribution in [0.5, 0.6) is 0 Å². The molecule has 0 radical (unpaired) electrons. The first kappa shape index (κ1) is 12.6. The zero-order valence-electron chi connectivity index (χ0n) is 10.3. The van der Waals surface area contributed by atoms with Gasteiger partial charge in [-0.2, -0.15) is 4.98 Å². The van der Waals surface area contributed by atoms with Crippen LogP contribution in [0.4, 0.5) is 11.8 Å². The summed E-state index contributed by atoms with van der Waals surface area (Å²) in [5, 5.41) is 9.89. The van der Waals surface area contributed by atoms with E-state index in [1.807, 2.05) is 4.90 Å². The molecule has 2 rings (SSSR count). The summed E-state index contributed by atoms with van der Waals surface area (Å²) >= 11 is 0. The van der Waals surface area contributed by atoms with E-state index in [0.717, 1.165) is 0 Å². The highest BCUT2D eigenvalue weighted by molar-refractivity contribution is 5.73. The molecule has 0 aromatic carbocycles. The van der Waals surface area contributed by atoms with Crippen LogP contribution >= 0.6 is 0 Å². The van der Waals surface area contributed by atoms with Crippen LogP contribution in [0.3, 0.4) is 0 Å². The number of carbonyl (C=O) groups excluding carboxylic acids is 1. The van der Waals surface area contributed by atoms with Crippen molar-refractivity contribution in [3.63, 3.8) is 0 Å². The summed E-state index contributed by atoms with van der Waals surface area (Å²) in [7, 11) is 0. The third kappa shape index (κ3) is 2.86. The van der Waals surface area contributed by atoms with Crippen molar-refractivity contribution in [2.75, 3.05) is 36.8 Å². The van der Waals surface area contributed by atoms with Gasteiger partial charge in [-0.1, -0.05) is 0 Å². The number of nitrogens with two attached hydrogens (primary N) is 1. The van der Waals surface area contributed by atoms with Crippen molar-refractivity contribution >= 4 is 17.7 Å². The van der Waals surface area contributed by atoms with Gasteiger partial charge in [0.1, 0.15) is 5.82 Å². The van der Waals surface area contributed by atoms with Gasteiger partial charge in [-0.25, -0.2) is 4.98 Å². The highest BCUT2D eigenvalue weighted by Gasteiger charge is 2.23. The van der Waals surface area contributed by atoms with Crippen LogP contribution in [0.1, 0.15) is 6.92 Å². The number of anilines is 2. The number of aromatic nitrogens is 2. The Morgan fingerprint density at radius 2 is 2.28 bits per heavy atom. The molecule has 0 unspecified atom stereocenters. The van der Waals surface area contributed by atoms with Gasteiger partial charge in [-0.05, 0) is 6.07 Å². The number of aliphatic hydroxyl groups is 1. The van der Waals surface area contributed by atoms with Gasteiger partial charge in [-0.15, -0.1) is 0 Å². The van der Waals surface area contributed by atoms with E-state index >= 15 is 0 Å². The zero-order chi connectivity index (χ0) is 13.1. The predicted octanol–water partition coefficient (Wildman–Crippen LogP) is -0.912. The maximum absolute atomic E-state index is 11.3. The molecule has 1 atom stereocenters. The molecule has 18 heavy (non-hydrogen) atoms. The summed E-state index contributed by atoms with van der Waals surface area (Å²) in [4.78, 5) is 23.0. The lowest BCUT2D eigenvalue weighted by molar-refractivity contribution is -0.129. The Kier molecular flexibility index (Phi) is 3.61. The van der Waals surface area contributed by atoms with Crippen LogP contribution < -0.4 is 10.6 Å². The summed E-state index contributed by atoms with van der Waals surface area (Å²) in [6, 6.07) is 1.61. The standard InChI is InChI=1S/C11H17N5O2/c1-8(17)15-4-5-16(7-9(18)6-15)11-13-3-2-10(12)14-11/h2-3,9,18H,4-7H2,1H3,(H2,12,13,14)/t9-/m1/s1. The number of amides is 1. The normalized spacial score (nSPS) is 20.7. The van der Waals surface area contributed by atoms with Crippen LogP contribution in [-0.2, 0) is 4.79 Å². The minimum atomic E-state index is -0.610. The third-order valence-electron chi connectivity index (χ3n) is 2.89. The average Bonchev–Trinajstić information content (AvgIpc) is 2.51. The first-order valence-corrected chi connectivity index (χ1v) is 5.83. The van der Waals surface area contributed by atoms with Crippen molar-refractivity contribution in [1.29, 1.82) is 0 Å². The fourth-order valence-corrected chi connectivity index (χ4v) is 1.97. The molecule has 7 nitrogen and oxygen atoms in total. The van der Waals surface area contributed by atoms with Gasteiger partial charge in [0.15, 0.2) is 0 Å². The summed E-state index contributed by atoms with van der Waals surface area (Å²) in [6.07, 6.45) is 0.971. The van der Waals surface area contributed by atoms with E-state index in [1.165, 1.54) is 6.92 Å². The van der Waals surface area contributed by atoms with E-state index in [0.29, 0.717) is 37.9 Å². The molecule has 0 saturated carbocycles. The molecule has 0 aliphatic carbocycles. The quantitative estimate of drug-likeness (QED) is 0.671. The summed E-state index contributed by atoms with van der Waals surface area (Å²) in [5.41, 5.74) is 5.61. The lowest BCUT2D eigenvalue weighted by Gasteiger charge is -2.21. The van der Waals surface area contributed by atoms with E-state index in [9.17, 15) is 9.90 Å². The van der Waals surface area contributed by atoms with E-state index in [2.05, 4.69) is 9.97 Å². The number of hydrogen-bond acceptors (Lipinski definition) is 6. The molecule has 2 heterocycles. The number of rotatable bonds is 1. The Balaban J connectivity index is 2.13. The highest BCUT2D eigenvalue weighted by Crippen LogP contribution is 2.12. The fraction of sp³-hybridized carbons (Fsp3) is 0.545. The van der Waals surface area contributed by atoms with Crippen molar-refractivity contribution in [1.82, 2.24) is 14.9 Å². The first-order chi connectivity index (χ1) is 8.56. The molecule has 3 N–H and O–H groups in total. The van der Waals surface area contributed by atoms with Crippen molar-refractivity contribution in [3.8, 4) is 0 Å². The van der Waals surface area contributed by atoms with Gasteiger partial charge in [0.25, 0.3) is 0 Å². The number of aliphatic hydroxyl groups excluding tert-OH is 1. The smallest absolute Gasteiger partial charge is 0.227 e. The zero-order valence-corrected chi connectivity index (χ0v) is 10.3. The number of nitrogens with zero attached hydrogens (tertiary/aromatic N) is 4. The van der Waals surface area contributed by atoms with Gasteiger partial charge >= 0.3 is 0 Å². The summed E-state index contributed by atoms with van der Waals surface area (Å²) in [5.74, 6) is 0.839. The second kappa shape index (κ2) is 5.18. The van der Waals surface area contributed by atoms with E-state index in [4.69, 9.17) is 5.73 Å². The SMILES string of the molecule is CC(=O)N1CCN(c2nccc(N)n2)C[C@H](O)C1. The Labute approximate surface area is 105 Å². The first-order valence-electron chi connectivity index (χ1n) is 5.83. The van der Waals surface area contributed by atoms with Crippen LogP contribution in [0.25, 0.3) is 0 Å². The third-order valence-corrected chi connectivity index (χ3v) is 2.89. The molecule has 7 heteroatoms. The lowest BCUT2D eigenvalue weighted by atomic mass is 10.3. The van der Waals surface area contributed by atoms with E-state index in [1.54, 1.807) is 17.2 Å². The maximum Gasteiger partial charge on any atom is 0.227 e. The molecule has 0 spiro atoms. The Bertz CT molecular complexity index is 439. The van der Waals surface area contributed by atoms with Crippen LogP contribution in [-0.4, -0.2) is 58.2 Å². The topological polar surface area (TPSA) is 95.6 Å². The van der Waals surface area contributed by atoms with Crippen LogP contribution in [0.15, 0.2) is 12.3 Å². The number of nitrogen functional groups attached to an aromatic ring is 1. The summed E-state index contributed by atoms with van der Waals surface area (Å²) < 4.78 is 0. The Hall–Kier alpha value is -1.89. The Morgan fingerprint density at radius 3 is 2.94 bits per heavy atom. The largest absolute Gasteiger partial charge is 0.389 e. The van der Waals surface area contributed by atoms with Gasteiger partial charge < -0.3 is 20.6 Å². The van der Waals surface area contributed by atoms with Crippen molar-refractivity contribution < 1.29 is 9.90 Å². The molecular formula is C11H17N5O2. The minimum Gasteiger partial charge on any atom is -0.389 e. The van der Waals surface area contributed by atoms with Gasteiger partial charge in [0.05, 0.1) is 6.10 Å². The Morgan fingerprint density at radius 1 is 1.50 bits per heavy atom. The highest BCUT2D eigenvalue weighted by atomic mass is 16.3. The molecular weight excluding hydrogens is 234 g/mol. The minimum absolute atomic E-state index is 0.0376. The van der Waals surface area contributed by atoms with Crippen LogP contribution in [0, 0.1) is 0 Å². The molecule has 1 aromatic rings. The maximum atomic E-state index is 11.3. The number of β-amino-alcohol motifs (C(OH)–C–C–N with tert-alkyl or cyclic N) is 1. The molecule has 1 aliphatic heterocycles. The molecule has 0 bridgehead atoms. The van der Waals surface area contributed by atoms with Gasteiger partial charge in [-0.3, -0.25) is 4.79 Å². The fourth-order valence-electron chi connectivity index (χ4n) is 1.97. The predicted molar refractivity (Wildman–Crippen MR) is 66.9 cm³/mol. The summed E-state index contributed by atoms with van der Waals surface area (Å²) in [6.45, 7) is 3.37. The van der Waals surface area contributed by atoms with Gasteiger partial charge in [0, 0.05) is 39.3 Å². The molecule has 1 fully saturated rings. The lowest BCUT2D eigenvalue weighted by Crippen LogP contribution is -2.36. The number of hydrogen-bond donors (Lipinski definition) is 2. The molecule has 1 saturated heterocycles. The average molecular weight is 251 g/mol. The molecule has 1 amide bonds. The second-order valence-corrected chi connectivity index (χ2v) is 4.35. The molecule has 1 aromatic heterocycles. The molecule has 98 valence electrons. The van der Waals surface area contributed by atoms with Crippen molar-refractivity contribution in [2.24, 2.45) is 0 Å². The van der Waals surface area contributed by atoms with Crippen molar-refractivity contribution in [3.05, 3.63) is 12.3 Å². The van der Waals surface area contributed by atoms with E-state index in [-0.39, 0.29) is 5.91 Å². The molecule has 1 aliphatic rings. The number of carbonyl (C=O) groups is 1. The monoisotopic (exact) mass is 251 g/mol. The second-order valence-electron chi connectivity index (χ2n) is 4.35. The van der Waals surface area contributed by atoms with Crippen molar-refractivity contribution in [2.45, 2.75) is 13.0 Å². The van der Waals surface area contributed by atoms with Crippen LogP contribution in [0.2, 0.25) is 0 Å².